The molecule has 0 amide bonds. The standard InChI is InChI=1S/C23H35NO6.H2/c1-10-12-14-29-20(27)23(6,16-21(3,4)18(25)28-9)17-22(5,11-2)19(26)30-15-13-24(7)8;/h1H,11,13,15-17H2,2-9H3;1H. The normalized spacial score (nSPS) is 14.9. The Kier molecular flexibility index (Phi) is 10.6. The first-order valence-corrected chi connectivity index (χ1v) is 9.85. The number of ether oxygens (including phenoxy) is 3. The summed E-state index contributed by atoms with van der Waals surface area (Å²) in [5.74, 6) is 2.76. The highest BCUT2D eigenvalue weighted by molar-refractivity contribution is 5.83. The van der Waals surface area contributed by atoms with Gasteiger partial charge in [-0.2, -0.15) is 0 Å². The Morgan fingerprint density at radius 2 is 1.60 bits per heavy atom. The van der Waals surface area contributed by atoms with Crippen LogP contribution in [0.1, 0.15) is 55.3 Å². The lowest BCUT2D eigenvalue weighted by molar-refractivity contribution is -0.164. The van der Waals surface area contributed by atoms with E-state index in [1.165, 1.54) is 7.11 Å². The molecule has 0 N–H and O–H groups in total. The number of nitrogens with zero attached hydrogens (tertiary/aromatic N) is 1. The van der Waals surface area contributed by atoms with Crippen molar-refractivity contribution in [2.75, 3.05) is 34.4 Å². The average Bonchev–Trinajstić information content (AvgIpc) is 2.66. The van der Waals surface area contributed by atoms with E-state index in [0.29, 0.717) is 13.0 Å². The molecule has 170 valence electrons. The number of likely N-dealkylation sites (N-methyl/N-ethyl adjacent to an activating group) is 1. The van der Waals surface area contributed by atoms with Crippen LogP contribution in [0.2, 0.25) is 0 Å². The van der Waals surface area contributed by atoms with Gasteiger partial charge < -0.3 is 19.1 Å². The summed E-state index contributed by atoms with van der Waals surface area (Å²) in [5, 5.41) is 0. The minimum absolute atomic E-state index is 0. The van der Waals surface area contributed by atoms with Gasteiger partial charge in [0.15, 0.2) is 0 Å². The molecule has 0 rings (SSSR count). The molecule has 7 heteroatoms. The van der Waals surface area contributed by atoms with Crippen LogP contribution in [0.5, 0.6) is 0 Å². The second-order valence-corrected chi connectivity index (χ2v) is 8.90. The Labute approximate surface area is 182 Å². The van der Waals surface area contributed by atoms with Crippen LogP contribution in [0.15, 0.2) is 0 Å². The predicted molar refractivity (Wildman–Crippen MR) is 116 cm³/mol. The highest BCUT2D eigenvalue weighted by Crippen LogP contribution is 2.45. The van der Waals surface area contributed by atoms with Crippen molar-refractivity contribution < 1.29 is 30.0 Å². The van der Waals surface area contributed by atoms with Gasteiger partial charge in [0.25, 0.3) is 0 Å². The third-order valence-electron chi connectivity index (χ3n) is 5.15. The molecular weight excluding hydrogens is 386 g/mol. The van der Waals surface area contributed by atoms with Crippen molar-refractivity contribution in [3.63, 3.8) is 0 Å². The number of hydrogen-bond acceptors (Lipinski definition) is 7. The van der Waals surface area contributed by atoms with E-state index < -0.39 is 34.2 Å². The van der Waals surface area contributed by atoms with Gasteiger partial charge in [0.2, 0.25) is 0 Å². The lowest BCUT2D eigenvalue weighted by Gasteiger charge is -2.39. The van der Waals surface area contributed by atoms with Crippen molar-refractivity contribution in [3.05, 3.63) is 0 Å². The van der Waals surface area contributed by atoms with Crippen molar-refractivity contribution in [3.8, 4) is 24.4 Å². The molecule has 0 aliphatic carbocycles. The SMILES string of the molecule is C#CC#COC(=O)C(C)(CC(C)(C)C(=O)OC)CC(C)(CC)C(=O)OCCN(C)C.[HH]. The monoisotopic (exact) mass is 423 g/mol. The molecule has 0 aromatic heterocycles. The van der Waals surface area contributed by atoms with E-state index in [2.05, 4.69) is 17.9 Å². The van der Waals surface area contributed by atoms with Crippen LogP contribution in [0.25, 0.3) is 0 Å². The molecule has 0 aromatic rings. The Hall–Kier alpha value is -2.51. The largest absolute Gasteiger partial charge is 0.469 e. The van der Waals surface area contributed by atoms with E-state index in [4.69, 9.17) is 20.6 Å². The molecule has 0 saturated heterocycles. The smallest absolute Gasteiger partial charge is 0.325 e. The molecule has 0 aliphatic rings. The second-order valence-electron chi connectivity index (χ2n) is 8.90. The quantitative estimate of drug-likeness (QED) is 0.287. The van der Waals surface area contributed by atoms with Gasteiger partial charge in [0.1, 0.15) is 12.7 Å². The maximum Gasteiger partial charge on any atom is 0.325 e. The molecule has 0 bridgehead atoms. The molecule has 0 heterocycles. The number of esters is 3. The topological polar surface area (TPSA) is 82.1 Å². The summed E-state index contributed by atoms with van der Waals surface area (Å²) >= 11 is 0. The molecule has 0 spiro atoms. The van der Waals surface area contributed by atoms with Gasteiger partial charge in [0.05, 0.1) is 23.4 Å². The van der Waals surface area contributed by atoms with Crippen LogP contribution >= 0.6 is 0 Å². The molecule has 0 aliphatic heterocycles. The molecular formula is C23H37NO6. The van der Waals surface area contributed by atoms with Crippen LogP contribution < -0.4 is 0 Å². The molecule has 0 radical (unpaired) electrons. The number of carbonyl (C=O) groups excluding carboxylic acids is 3. The van der Waals surface area contributed by atoms with E-state index >= 15 is 0 Å². The van der Waals surface area contributed by atoms with Crippen molar-refractivity contribution >= 4 is 17.9 Å². The van der Waals surface area contributed by atoms with Gasteiger partial charge in [-0.25, -0.2) is 0 Å². The van der Waals surface area contributed by atoms with Gasteiger partial charge in [-0.05, 0) is 67.0 Å². The maximum atomic E-state index is 12.9. The Bertz CT molecular complexity index is 731. The van der Waals surface area contributed by atoms with Crippen LogP contribution in [0, 0.1) is 40.6 Å². The molecule has 30 heavy (non-hydrogen) atoms. The zero-order valence-corrected chi connectivity index (χ0v) is 19.5. The lowest BCUT2D eigenvalue weighted by Crippen LogP contribution is -2.44. The van der Waals surface area contributed by atoms with Crippen molar-refractivity contribution in [1.29, 1.82) is 0 Å². The van der Waals surface area contributed by atoms with E-state index in [1.54, 1.807) is 27.7 Å². The summed E-state index contributed by atoms with van der Waals surface area (Å²) in [4.78, 5) is 39.9. The fraction of sp³-hybridized carbons (Fsp3) is 0.696. The first-order chi connectivity index (χ1) is 13.8. The molecule has 7 nitrogen and oxygen atoms in total. The fourth-order valence-corrected chi connectivity index (χ4v) is 3.45. The van der Waals surface area contributed by atoms with E-state index in [-0.39, 0.29) is 20.9 Å². The van der Waals surface area contributed by atoms with Crippen LogP contribution in [0.4, 0.5) is 0 Å². The number of carbonyl (C=O) groups is 3. The summed E-state index contributed by atoms with van der Waals surface area (Å²) in [7, 11) is 5.05. The highest BCUT2D eigenvalue weighted by atomic mass is 16.5. The Morgan fingerprint density at radius 3 is 2.07 bits per heavy atom. The number of methoxy groups -OCH3 is 1. The zero-order valence-electron chi connectivity index (χ0n) is 19.5. The first-order valence-electron chi connectivity index (χ1n) is 9.85. The van der Waals surface area contributed by atoms with E-state index in [1.807, 2.05) is 25.9 Å². The molecule has 0 aromatic carbocycles. The summed E-state index contributed by atoms with van der Waals surface area (Å²) in [6.07, 6.45) is 7.88. The van der Waals surface area contributed by atoms with Gasteiger partial charge in [-0.15, -0.1) is 6.42 Å². The third-order valence-corrected chi connectivity index (χ3v) is 5.15. The fourth-order valence-electron chi connectivity index (χ4n) is 3.45. The maximum absolute atomic E-state index is 12.9. The van der Waals surface area contributed by atoms with E-state index in [0.717, 1.165) is 0 Å². The third kappa shape index (κ3) is 8.08. The first kappa shape index (κ1) is 27.5. The number of terminal acetylenes is 1. The van der Waals surface area contributed by atoms with Crippen molar-refractivity contribution in [2.24, 2.45) is 16.2 Å². The summed E-state index contributed by atoms with van der Waals surface area (Å²) < 4.78 is 15.4. The summed E-state index contributed by atoms with van der Waals surface area (Å²) in [6, 6.07) is 0. The van der Waals surface area contributed by atoms with Crippen LogP contribution in [0.3, 0.4) is 0 Å². The Morgan fingerprint density at radius 1 is 1.00 bits per heavy atom. The van der Waals surface area contributed by atoms with Gasteiger partial charge in [-0.1, -0.05) is 6.92 Å². The Balaban J connectivity index is 0. The molecule has 2 atom stereocenters. The minimum atomic E-state index is -1.22. The molecule has 0 fully saturated rings. The second kappa shape index (κ2) is 11.6. The summed E-state index contributed by atoms with van der Waals surface area (Å²) in [5.41, 5.74) is -3.18. The van der Waals surface area contributed by atoms with Gasteiger partial charge in [-0.3, -0.25) is 14.4 Å². The molecule has 0 saturated carbocycles. The summed E-state index contributed by atoms with van der Waals surface area (Å²) in [6.45, 7) is 9.42. The van der Waals surface area contributed by atoms with Crippen LogP contribution in [-0.4, -0.2) is 57.2 Å². The zero-order chi connectivity index (χ0) is 23.6. The van der Waals surface area contributed by atoms with Gasteiger partial charge in [0, 0.05) is 13.9 Å². The minimum Gasteiger partial charge on any atom is -0.469 e. The van der Waals surface area contributed by atoms with Gasteiger partial charge >= 0.3 is 17.9 Å². The van der Waals surface area contributed by atoms with Crippen LogP contribution in [-0.2, 0) is 28.6 Å². The van der Waals surface area contributed by atoms with Crippen molar-refractivity contribution in [1.82, 2.24) is 4.90 Å². The van der Waals surface area contributed by atoms with Crippen molar-refractivity contribution in [2.45, 2.75) is 53.9 Å². The number of rotatable bonds is 11. The predicted octanol–water partition coefficient (Wildman–Crippen LogP) is 2.88. The number of hydrogen-bond donors (Lipinski definition) is 0. The highest BCUT2D eigenvalue weighted by Gasteiger charge is 2.49. The average molecular weight is 424 g/mol. The molecule has 2 unspecified atom stereocenters. The van der Waals surface area contributed by atoms with E-state index in [9.17, 15) is 14.4 Å². The lowest BCUT2D eigenvalue weighted by atomic mass is 9.65.